The molecule has 1 aromatic carbocycles. The zero-order valence-electron chi connectivity index (χ0n) is 12.5. The van der Waals surface area contributed by atoms with Crippen molar-refractivity contribution >= 4 is 10.0 Å². The molecule has 1 saturated carbocycles. The van der Waals surface area contributed by atoms with E-state index in [-0.39, 0.29) is 10.9 Å². The quantitative estimate of drug-likeness (QED) is 0.909. The van der Waals surface area contributed by atoms with Crippen molar-refractivity contribution in [2.45, 2.75) is 50.5 Å². The second kappa shape index (κ2) is 6.59. The highest BCUT2D eigenvalue weighted by Gasteiger charge is 2.34. The first-order valence-electron chi connectivity index (χ1n) is 7.46. The summed E-state index contributed by atoms with van der Waals surface area (Å²) >= 11 is 0. The molecular weight excluding hydrogens is 284 g/mol. The highest BCUT2D eigenvalue weighted by molar-refractivity contribution is 7.89. The molecule has 1 N–H and O–H groups in total. The van der Waals surface area contributed by atoms with Gasteiger partial charge in [0, 0.05) is 6.04 Å². The maximum Gasteiger partial charge on any atom is 0.240 e. The first-order valence-corrected chi connectivity index (χ1v) is 8.94. The molecule has 1 aliphatic carbocycles. The Kier molecular flexibility index (Phi) is 5.02. The van der Waals surface area contributed by atoms with Gasteiger partial charge >= 0.3 is 0 Å². The van der Waals surface area contributed by atoms with E-state index in [9.17, 15) is 8.42 Å². The fourth-order valence-corrected chi connectivity index (χ4v) is 4.50. The number of hydrogen-bond acceptors (Lipinski definition) is 3. The van der Waals surface area contributed by atoms with Gasteiger partial charge in [-0.25, -0.2) is 13.1 Å². The zero-order valence-corrected chi connectivity index (χ0v) is 13.4. The number of sulfonamides is 1. The van der Waals surface area contributed by atoms with E-state index in [4.69, 9.17) is 5.26 Å². The van der Waals surface area contributed by atoms with Gasteiger partial charge in [0.2, 0.25) is 10.0 Å². The van der Waals surface area contributed by atoms with Gasteiger partial charge in [0.15, 0.2) is 0 Å². The van der Waals surface area contributed by atoms with Gasteiger partial charge < -0.3 is 0 Å². The highest BCUT2D eigenvalue weighted by Crippen LogP contribution is 2.34. The summed E-state index contributed by atoms with van der Waals surface area (Å²) in [5.41, 5.74) is 0.830. The van der Waals surface area contributed by atoms with Crippen LogP contribution in [0, 0.1) is 23.2 Å². The number of nitrogens with zero attached hydrogens (tertiary/aromatic N) is 1. The predicted molar refractivity (Wildman–Crippen MR) is 82.0 cm³/mol. The van der Waals surface area contributed by atoms with Gasteiger partial charge in [0.05, 0.1) is 17.4 Å². The van der Waals surface area contributed by atoms with E-state index in [1.165, 1.54) is 0 Å². The second-order valence-electron chi connectivity index (χ2n) is 5.81. The van der Waals surface area contributed by atoms with E-state index in [1.54, 1.807) is 24.3 Å². The first-order chi connectivity index (χ1) is 9.97. The Morgan fingerprint density at radius 2 is 1.95 bits per heavy atom. The third kappa shape index (κ3) is 3.63. The summed E-state index contributed by atoms with van der Waals surface area (Å²) in [6.45, 7) is 4.29. The van der Waals surface area contributed by atoms with Gasteiger partial charge in [0.1, 0.15) is 0 Å². The van der Waals surface area contributed by atoms with E-state index in [0.717, 1.165) is 24.8 Å². The fourth-order valence-electron chi connectivity index (χ4n) is 3.14. The predicted octanol–water partition coefficient (Wildman–Crippen LogP) is 2.86. The summed E-state index contributed by atoms with van der Waals surface area (Å²) in [6.07, 6.45) is 3.39. The number of nitrogens with one attached hydrogen (secondary N) is 1. The van der Waals surface area contributed by atoms with Crippen molar-refractivity contribution in [2.75, 3.05) is 0 Å². The average molecular weight is 306 g/mol. The van der Waals surface area contributed by atoms with Crippen molar-refractivity contribution < 1.29 is 8.42 Å². The Morgan fingerprint density at radius 1 is 1.29 bits per heavy atom. The number of benzene rings is 1. The Morgan fingerprint density at radius 3 is 2.48 bits per heavy atom. The topological polar surface area (TPSA) is 70.0 Å². The SMILES string of the molecule is CCC1CCC(NS(=O)(=O)c2ccc(CC#N)cc2)C1C. The largest absolute Gasteiger partial charge is 0.240 e. The summed E-state index contributed by atoms with van der Waals surface area (Å²) in [4.78, 5) is 0.274. The van der Waals surface area contributed by atoms with E-state index in [0.29, 0.717) is 18.3 Å². The lowest BCUT2D eigenvalue weighted by molar-refractivity contribution is 0.368. The summed E-state index contributed by atoms with van der Waals surface area (Å²) in [5, 5.41) is 8.64. The van der Waals surface area contributed by atoms with Gasteiger partial charge in [-0.2, -0.15) is 5.26 Å². The van der Waals surface area contributed by atoms with Crippen LogP contribution in [0.3, 0.4) is 0 Å². The second-order valence-corrected chi connectivity index (χ2v) is 7.53. The van der Waals surface area contributed by atoms with E-state index in [1.807, 2.05) is 0 Å². The molecule has 3 atom stereocenters. The van der Waals surface area contributed by atoms with E-state index >= 15 is 0 Å². The Bertz CT molecular complexity index is 617. The molecular formula is C16H22N2O2S. The van der Waals surface area contributed by atoms with Crippen LogP contribution in [0.1, 0.15) is 38.7 Å². The molecule has 0 heterocycles. The molecule has 0 bridgehead atoms. The number of rotatable bonds is 5. The molecule has 0 radical (unpaired) electrons. The van der Waals surface area contributed by atoms with Crippen molar-refractivity contribution in [3.8, 4) is 6.07 Å². The minimum Gasteiger partial charge on any atom is -0.208 e. The molecule has 0 saturated heterocycles. The minimum absolute atomic E-state index is 0.0266. The van der Waals surface area contributed by atoms with Gasteiger partial charge in [-0.15, -0.1) is 0 Å². The van der Waals surface area contributed by atoms with Crippen LogP contribution >= 0.6 is 0 Å². The van der Waals surface area contributed by atoms with Gasteiger partial charge in [-0.05, 0) is 42.4 Å². The molecule has 1 aromatic rings. The smallest absolute Gasteiger partial charge is 0.208 e. The third-order valence-corrected chi connectivity index (χ3v) is 6.08. The highest BCUT2D eigenvalue weighted by atomic mass is 32.2. The molecule has 0 aromatic heterocycles. The number of nitriles is 1. The lowest BCUT2D eigenvalue weighted by atomic mass is 9.94. The van der Waals surface area contributed by atoms with Gasteiger partial charge in [0.25, 0.3) is 0 Å². The summed E-state index contributed by atoms with van der Waals surface area (Å²) in [7, 11) is -3.47. The van der Waals surface area contributed by atoms with E-state index in [2.05, 4.69) is 24.6 Å². The Labute approximate surface area is 127 Å². The van der Waals surface area contributed by atoms with Crippen LogP contribution in [0.4, 0.5) is 0 Å². The molecule has 114 valence electrons. The molecule has 4 nitrogen and oxygen atoms in total. The molecule has 5 heteroatoms. The van der Waals surface area contributed by atoms with Crippen molar-refractivity contribution in [2.24, 2.45) is 11.8 Å². The summed E-state index contributed by atoms with van der Waals surface area (Å²) in [6, 6.07) is 8.63. The van der Waals surface area contributed by atoms with Gasteiger partial charge in [-0.3, -0.25) is 0 Å². The summed E-state index contributed by atoms with van der Waals surface area (Å²) < 4.78 is 27.7. The van der Waals surface area contributed by atoms with Crippen LogP contribution in [-0.4, -0.2) is 14.5 Å². The van der Waals surface area contributed by atoms with E-state index < -0.39 is 10.0 Å². The maximum atomic E-state index is 12.4. The lowest BCUT2D eigenvalue weighted by Gasteiger charge is -2.21. The maximum absolute atomic E-state index is 12.4. The molecule has 0 amide bonds. The molecule has 2 rings (SSSR count). The van der Waals surface area contributed by atoms with Crippen molar-refractivity contribution in [3.05, 3.63) is 29.8 Å². The van der Waals surface area contributed by atoms with Crippen molar-refractivity contribution in [1.29, 1.82) is 5.26 Å². The van der Waals surface area contributed by atoms with Crippen LogP contribution in [-0.2, 0) is 16.4 Å². The van der Waals surface area contributed by atoms with Crippen molar-refractivity contribution in [3.63, 3.8) is 0 Å². The molecule has 21 heavy (non-hydrogen) atoms. The Hall–Kier alpha value is -1.38. The van der Waals surface area contributed by atoms with Crippen LogP contribution < -0.4 is 4.72 Å². The number of hydrogen-bond donors (Lipinski definition) is 1. The lowest BCUT2D eigenvalue weighted by Crippen LogP contribution is -2.37. The van der Waals surface area contributed by atoms with Crippen LogP contribution in [0.2, 0.25) is 0 Å². The summed E-state index contributed by atoms with van der Waals surface area (Å²) in [5.74, 6) is 0.985. The van der Waals surface area contributed by atoms with Gasteiger partial charge in [-0.1, -0.05) is 32.4 Å². The molecule has 0 aliphatic heterocycles. The molecule has 1 aliphatic rings. The standard InChI is InChI=1S/C16H22N2O2S/c1-3-14-6-9-16(12(14)2)18-21(19,20)15-7-4-13(5-8-15)10-11-17/h4-5,7-8,12,14,16,18H,3,6,9-10H2,1-2H3. The normalized spacial score (nSPS) is 25.7. The van der Waals surface area contributed by atoms with Crippen LogP contribution in [0.15, 0.2) is 29.2 Å². The average Bonchev–Trinajstić information content (AvgIpc) is 2.80. The molecule has 3 unspecified atom stereocenters. The first kappa shape index (κ1) is 16.0. The minimum atomic E-state index is -3.47. The molecule has 0 spiro atoms. The van der Waals surface area contributed by atoms with Crippen molar-refractivity contribution in [1.82, 2.24) is 4.72 Å². The van der Waals surface area contributed by atoms with Crippen LogP contribution in [0.25, 0.3) is 0 Å². The zero-order chi connectivity index (χ0) is 15.5. The third-order valence-electron chi connectivity index (χ3n) is 4.57. The molecule has 1 fully saturated rings. The fraction of sp³-hybridized carbons (Fsp3) is 0.562. The monoisotopic (exact) mass is 306 g/mol. The van der Waals surface area contributed by atoms with Crippen LogP contribution in [0.5, 0.6) is 0 Å². The Balaban J connectivity index is 2.10.